The summed E-state index contributed by atoms with van der Waals surface area (Å²) in [5.74, 6) is 0.149. The van der Waals surface area contributed by atoms with Gasteiger partial charge in [-0.05, 0) is 68.4 Å². The summed E-state index contributed by atoms with van der Waals surface area (Å²) in [5.41, 5.74) is 2.05. The maximum atomic E-state index is 12.4. The fourth-order valence-corrected chi connectivity index (χ4v) is 4.66. The average molecular weight is 388 g/mol. The quantitative estimate of drug-likeness (QED) is 0.750. The summed E-state index contributed by atoms with van der Waals surface area (Å²) >= 11 is 5.78. The number of amides is 1. The van der Waals surface area contributed by atoms with Crippen LogP contribution in [0.25, 0.3) is 0 Å². The molecule has 2 atom stereocenters. The van der Waals surface area contributed by atoms with Crippen molar-refractivity contribution in [3.8, 4) is 0 Å². The lowest BCUT2D eigenvalue weighted by atomic mass is 9.81. The molecule has 1 amide bonds. The highest BCUT2D eigenvalue weighted by atomic mass is 32.1. The van der Waals surface area contributed by atoms with Crippen LogP contribution in [0.3, 0.4) is 0 Å². The van der Waals surface area contributed by atoms with Crippen LogP contribution in [0.5, 0.6) is 0 Å². The number of hydrogen-bond donors (Lipinski definition) is 2. The van der Waals surface area contributed by atoms with Gasteiger partial charge in [0.25, 0.3) is 0 Å². The van der Waals surface area contributed by atoms with E-state index in [1.165, 1.54) is 12.0 Å². The van der Waals surface area contributed by atoms with Gasteiger partial charge in [-0.15, -0.1) is 0 Å². The third-order valence-electron chi connectivity index (χ3n) is 5.84. The highest BCUT2D eigenvalue weighted by molar-refractivity contribution is 7.80. The van der Waals surface area contributed by atoms with E-state index in [4.69, 9.17) is 12.2 Å². The number of nitrogens with one attached hydrogen (secondary N) is 2. The average Bonchev–Trinajstić information content (AvgIpc) is 2.60. The van der Waals surface area contributed by atoms with Crippen molar-refractivity contribution < 1.29 is 4.79 Å². The zero-order valence-electron chi connectivity index (χ0n) is 17.0. The first-order valence-corrected chi connectivity index (χ1v) is 10.7. The Morgan fingerprint density at radius 3 is 2.26 bits per heavy atom. The SMILES string of the molecule is CCc1ccc(NC(=S)N2C3CCCC2CC(NC(=O)C(C)(C)C)C3)cc1. The molecule has 2 heterocycles. The van der Waals surface area contributed by atoms with E-state index >= 15 is 0 Å². The van der Waals surface area contributed by atoms with Crippen molar-refractivity contribution in [1.82, 2.24) is 10.2 Å². The topological polar surface area (TPSA) is 44.4 Å². The molecule has 1 aromatic rings. The van der Waals surface area contributed by atoms with Crippen LogP contribution in [0.2, 0.25) is 0 Å². The molecule has 0 spiro atoms. The minimum absolute atomic E-state index is 0.149. The predicted octanol–water partition coefficient (Wildman–Crippen LogP) is 4.49. The van der Waals surface area contributed by atoms with Gasteiger partial charge in [0.05, 0.1) is 0 Å². The number of benzene rings is 1. The van der Waals surface area contributed by atoms with E-state index in [-0.39, 0.29) is 17.4 Å². The van der Waals surface area contributed by atoms with E-state index in [0.717, 1.165) is 42.9 Å². The van der Waals surface area contributed by atoms with Gasteiger partial charge in [0, 0.05) is 29.2 Å². The van der Waals surface area contributed by atoms with Gasteiger partial charge in [0.2, 0.25) is 5.91 Å². The van der Waals surface area contributed by atoms with Gasteiger partial charge < -0.3 is 15.5 Å². The molecular formula is C22H33N3OS. The van der Waals surface area contributed by atoms with Crippen LogP contribution in [0.1, 0.15) is 65.4 Å². The highest BCUT2D eigenvalue weighted by Gasteiger charge is 2.40. The predicted molar refractivity (Wildman–Crippen MR) is 116 cm³/mol. The molecule has 5 heteroatoms. The fourth-order valence-electron chi connectivity index (χ4n) is 4.24. The molecule has 0 radical (unpaired) electrons. The lowest BCUT2D eigenvalue weighted by Gasteiger charge is -2.50. The van der Waals surface area contributed by atoms with Gasteiger partial charge in [0.1, 0.15) is 0 Å². The van der Waals surface area contributed by atoms with Crippen LogP contribution >= 0.6 is 12.2 Å². The van der Waals surface area contributed by atoms with Crippen LogP contribution in [0.4, 0.5) is 5.69 Å². The Labute approximate surface area is 169 Å². The summed E-state index contributed by atoms with van der Waals surface area (Å²) in [7, 11) is 0. The first kappa shape index (κ1) is 20.1. The Kier molecular flexibility index (Phi) is 6.09. The monoisotopic (exact) mass is 387 g/mol. The molecule has 0 aliphatic carbocycles. The van der Waals surface area contributed by atoms with E-state index in [1.807, 2.05) is 20.8 Å². The number of aryl methyl sites for hydroxylation is 1. The van der Waals surface area contributed by atoms with E-state index < -0.39 is 0 Å². The number of rotatable bonds is 3. The van der Waals surface area contributed by atoms with Gasteiger partial charge in [-0.3, -0.25) is 4.79 Å². The zero-order valence-corrected chi connectivity index (χ0v) is 17.9. The molecule has 2 fully saturated rings. The molecule has 2 aliphatic rings. The van der Waals surface area contributed by atoms with E-state index in [2.05, 4.69) is 46.7 Å². The van der Waals surface area contributed by atoms with Gasteiger partial charge in [0.15, 0.2) is 5.11 Å². The minimum atomic E-state index is -0.340. The molecule has 0 saturated carbocycles. The maximum absolute atomic E-state index is 12.4. The molecule has 2 unspecified atom stereocenters. The lowest BCUT2D eigenvalue weighted by Crippen LogP contribution is -2.60. The minimum Gasteiger partial charge on any atom is -0.353 e. The van der Waals surface area contributed by atoms with Gasteiger partial charge in [-0.1, -0.05) is 39.8 Å². The molecule has 0 aromatic heterocycles. The third kappa shape index (κ3) is 4.81. The number of thiocarbonyl (C=S) groups is 1. The van der Waals surface area contributed by atoms with E-state index in [0.29, 0.717) is 12.1 Å². The molecule has 2 saturated heterocycles. The Hall–Kier alpha value is -1.62. The first-order chi connectivity index (χ1) is 12.8. The molecule has 1 aromatic carbocycles. The van der Waals surface area contributed by atoms with Crippen molar-refractivity contribution in [2.24, 2.45) is 5.41 Å². The summed E-state index contributed by atoms with van der Waals surface area (Å²) in [4.78, 5) is 14.8. The van der Waals surface area contributed by atoms with E-state index in [9.17, 15) is 4.79 Å². The maximum Gasteiger partial charge on any atom is 0.225 e. The number of anilines is 1. The number of nitrogens with zero attached hydrogens (tertiary/aromatic N) is 1. The summed E-state index contributed by atoms with van der Waals surface area (Å²) in [5, 5.41) is 7.55. The summed E-state index contributed by atoms with van der Waals surface area (Å²) in [6, 6.07) is 9.61. The summed E-state index contributed by atoms with van der Waals surface area (Å²) in [6.45, 7) is 8.08. The molecule has 148 valence electrons. The molecular weight excluding hydrogens is 354 g/mol. The highest BCUT2D eigenvalue weighted by Crippen LogP contribution is 2.35. The third-order valence-corrected chi connectivity index (χ3v) is 6.15. The Balaban J connectivity index is 1.64. The van der Waals surface area contributed by atoms with Crippen LogP contribution in [0, 0.1) is 5.41 Å². The van der Waals surface area contributed by atoms with Gasteiger partial charge in [-0.25, -0.2) is 0 Å². The molecule has 2 N–H and O–H groups in total. The van der Waals surface area contributed by atoms with Crippen molar-refractivity contribution in [1.29, 1.82) is 0 Å². The first-order valence-electron chi connectivity index (χ1n) is 10.3. The second kappa shape index (κ2) is 8.17. The van der Waals surface area contributed by atoms with Gasteiger partial charge >= 0.3 is 0 Å². The molecule has 4 nitrogen and oxygen atoms in total. The molecule has 3 rings (SSSR count). The fraction of sp³-hybridized carbons (Fsp3) is 0.636. The standard InChI is InChI=1S/C22H33N3OS/c1-5-15-9-11-16(12-10-15)24-21(27)25-18-7-6-8-19(25)14-17(13-18)23-20(26)22(2,3)4/h9-12,17-19H,5-8,13-14H2,1-4H3,(H,23,26)(H,24,27). The second-order valence-corrected chi connectivity index (χ2v) is 9.40. The molecule has 27 heavy (non-hydrogen) atoms. The lowest BCUT2D eigenvalue weighted by molar-refractivity contribution is -0.129. The Morgan fingerprint density at radius 1 is 1.15 bits per heavy atom. The van der Waals surface area contributed by atoms with Crippen LogP contribution in [-0.4, -0.2) is 34.0 Å². The summed E-state index contributed by atoms with van der Waals surface area (Å²) < 4.78 is 0. The second-order valence-electron chi connectivity index (χ2n) is 9.02. The van der Waals surface area contributed by atoms with Crippen molar-refractivity contribution in [2.45, 2.75) is 84.3 Å². The number of fused-ring (bicyclic) bond motifs is 2. The van der Waals surface area contributed by atoms with Gasteiger partial charge in [-0.2, -0.15) is 0 Å². The largest absolute Gasteiger partial charge is 0.353 e. The Bertz CT molecular complexity index is 666. The van der Waals surface area contributed by atoms with Crippen molar-refractivity contribution in [3.05, 3.63) is 29.8 Å². The zero-order chi connectivity index (χ0) is 19.6. The van der Waals surface area contributed by atoms with E-state index in [1.54, 1.807) is 0 Å². The van der Waals surface area contributed by atoms with Crippen molar-refractivity contribution in [3.63, 3.8) is 0 Å². The Morgan fingerprint density at radius 2 is 1.74 bits per heavy atom. The number of hydrogen-bond acceptors (Lipinski definition) is 2. The smallest absolute Gasteiger partial charge is 0.225 e. The molecule has 2 aliphatic heterocycles. The van der Waals surface area contributed by atoms with Crippen LogP contribution in [-0.2, 0) is 11.2 Å². The van der Waals surface area contributed by atoms with Crippen molar-refractivity contribution >= 4 is 28.9 Å². The van der Waals surface area contributed by atoms with Crippen LogP contribution in [0.15, 0.2) is 24.3 Å². The molecule has 2 bridgehead atoms. The summed E-state index contributed by atoms with van der Waals surface area (Å²) in [6.07, 6.45) is 6.55. The number of carbonyl (C=O) groups excluding carboxylic acids is 1. The van der Waals surface area contributed by atoms with Crippen molar-refractivity contribution in [2.75, 3.05) is 5.32 Å². The number of piperidine rings is 2. The normalized spacial score (nSPS) is 25.0. The number of carbonyl (C=O) groups is 1. The van der Waals surface area contributed by atoms with Crippen LogP contribution < -0.4 is 10.6 Å².